The van der Waals surface area contributed by atoms with Crippen molar-refractivity contribution in [2.75, 3.05) is 13.1 Å². The van der Waals surface area contributed by atoms with Gasteiger partial charge in [-0.3, -0.25) is 4.79 Å². The molecule has 21 heavy (non-hydrogen) atoms. The smallest absolute Gasteiger partial charge is 0.307 e. The molecule has 1 aliphatic rings. The van der Waals surface area contributed by atoms with E-state index in [2.05, 4.69) is 0 Å². The zero-order valence-electron chi connectivity index (χ0n) is 11.3. The summed E-state index contributed by atoms with van der Waals surface area (Å²) in [5, 5.41) is 9.20. The molecular formula is C13H15Cl2NO4S. The highest BCUT2D eigenvalue weighted by molar-refractivity contribution is 7.89. The van der Waals surface area contributed by atoms with E-state index < -0.39 is 21.9 Å². The summed E-state index contributed by atoms with van der Waals surface area (Å²) in [5.41, 5.74) is 0.603. The highest BCUT2D eigenvalue weighted by Crippen LogP contribution is 2.35. The second-order valence-corrected chi connectivity index (χ2v) is 7.71. The number of halogens is 2. The first-order chi connectivity index (χ1) is 9.75. The van der Waals surface area contributed by atoms with E-state index in [1.807, 2.05) is 0 Å². The molecule has 1 N–H and O–H groups in total. The van der Waals surface area contributed by atoms with E-state index >= 15 is 0 Å². The maximum atomic E-state index is 12.7. The quantitative estimate of drug-likeness (QED) is 0.908. The van der Waals surface area contributed by atoms with Gasteiger partial charge in [-0.2, -0.15) is 4.31 Å². The molecule has 0 aromatic heterocycles. The number of carbonyl (C=O) groups is 1. The van der Waals surface area contributed by atoms with Crippen LogP contribution in [0.15, 0.2) is 17.0 Å². The standard InChI is InChI=1S/C13H15Cl2NO4S/c1-8-4-5-10(14)12(11(8)15)21(19,20)16-6-2-3-9(7-16)13(17)18/h4-5,9H,2-3,6-7H2,1H3,(H,17,18). The Morgan fingerprint density at radius 1 is 1.38 bits per heavy atom. The lowest BCUT2D eigenvalue weighted by atomic mass is 10.0. The Balaban J connectivity index is 2.43. The summed E-state index contributed by atoms with van der Waals surface area (Å²) in [6.45, 7) is 1.90. The van der Waals surface area contributed by atoms with Crippen molar-refractivity contribution in [1.82, 2.24) is 4.31 Å². The molecule has 0 amide bonds. The molecule has 0 bridgehead atoms. The molecule has 0 spiro atoms. The van der Waals surface area contributed by atoms with Crippen LogP contribution >= 0.6 is 23.2 Å². The van der Waals surface area contributed by atoms with Crippen LogP contribution in [0.3, 0.4) is 0 Å². The van der Waals surface area contributed by atoms with Crippen LogP contribution in [-0.4, -0.2) is 36.9 Å². The molecule has 116 valence electrons. The van der Waals surface area contributed by atoms with Crippen molar-refractivity contribution in [3.63, 3.8) is 0 Å². The van der Waals surface area contributed by atoms with Crippen molar-refractivity contribution in [3.05, 3.63) is 27.7 Å². The molecule has 0 radical (unpaired) electrons. The van der Waals surface area contributed by atoms with Crippen molar-refractivity contribution in [3.8, 4) is 0 Å². The molecular weight excluding hydrogens is 337 g/mol. The number of sulfonamides is 1. The number of rotatable bonds is 3. The SMILES string of the molecule is Cc1ccc(Cl)c(S(=O)(=O)N2CCCC(C(=O)O)C2)c1Cl. The van der Waals surface area contributed by atoms with Crippen LogP contribution in [0.25, 0.3) is 0 Å². The number of carboxylic acid groups (broad SMARTS) is 1. The fraction of sp³-hybridized carbons (Fsp3) is 0.462. The number of aliphatic carboxylic acids is 1. The zero-order chi connectivity index (χ0) is 15.8. The number of carboxylic acids is 1. The molecule has 1 unspecified atom stereocenters. The summed E-state index contributed by atoms with van der Waals surface area (Å²) in [6.07, 6.45) is 0.966. The van der Waals surface area contributed by atoms with E-state index in [0.717, 1.165) is 4.31 Å². The second kappa shape index (κ2) is 6.12. The highest BCUT2D eigenvalue weighted by Gasteiger charge is 2.35. The van der Waals surface area contributed by atoms with Gasteiger partial charge in [-0.05, 0) is 31.4 Å². The Hall–Kier alpha value is -0.820. The molecule has 1 aliphatic heterocycles. The van der Waals surface area contributed by atoms with Crippen molar-refractivity contribution < 1.29 is 18.3 Å². The summed E-state index contributed by atoms with van der Waals surface area (Å²) in [7, 11) is -3.91. The molecule has 2 rings (SSSR count). The van der Waals surface area contributed by atoms with E-state index in [1.165, 1.54) is 6.07 Å². The van der Waals surface area contributed by atoms with Crippen LogP contribution in [0.1, 0.15) is 18.4 Å². The van der Waals surface area contributed by atoms with Crippen LogP contribution in [0.2, 0.25) is 10.0 Å². The molecule has 1 heterocycles. The van der Waals surface area contributed by atoms with Crippen molar-refractivity contribution in [2.24, 2.45) is 5.92 Å². The van der Waals surface area contributed by atoms with Crippen LogP contribution in [0, 0.1) is 12.8 Å². The Kier molecular flexibility index (Phi) is 4.82. The molecule has 1 aromatic rings. The van der Waals surface area contributed by atoms with E-state index in [4.69, 9.17) is 28.3 Å². The average molecular weight is 352 g/mol. The van der Waals surface area contributed by atoms with Gasteiger partial charge in [-0.1, -0.05) is 29.3 Å². The van der Waals surface area contributed by atoms with Gasteiger partial charge >= 0.3 is 5.97 Å². The lowest BCUT2D eigenvalue weighted by Gasteiger charge is -2.30. The summed E-state index contributed by atoms with van der Waals surface area (Å²) in [5.74, 6) is -1.69. The molecule has 5 nitrogen and oxygen atoms in total. The van der Waals surface area contributed by atoms with Crippen LogP contribution < -0.4 is 0 Å². The summed E-state index contributed by atoms with van der Waals surface area (Å²) in [4.78, 5) is 10.9. The topological polar surface area (TPSA) is 74.7 Å². The van der Waals surface area contributed by atoms with Gasteiger partial charge in [-0.25, -0.2) is 8.42 Å². The van der Waals surface area contributed by atoms with Crippen molar-refractivity contribution >= 4 is 39.2 Å². The third-order valence-electron chi connectivity index (χ3n) is 3.57. The van der Waals surface area contributed by atoms with Crippen LogP contribution in [-0.2, 0) is 14.8 Å². The fourth-order valence-electron chi connectivity index (χ4n) is 2.36. The van der Waals surface area contributed by atoms with Crippen LogP contribution in [0.4, 0.5) is 0 Å². The van der Waals surface area contributed by atoms with Gasteiger partial charge in [0.15, 0.2) is 0 Å². The lowest BCUT2D eigenvalue weighted by Crippen LogP contribution is -2.42. The molecule has 1 saturated heterocycles. The normalized spacial score (nSPS) is 20.4. The zero-order valence-corrected chi connectivity index (χ0v) is 13.7. The molecule has 0 saturated carbocycles. The predicted molar refractivity (Wildman–Crippen MR) is 80.3 cm³/mol. The van der Waals surface area contributed by atoms with Gasteiger partial charge in [0, 0.05) is 13.1 Å². The first kappa shape index (κ1) is 16.5. The minimum absolute atomic E-state index is 0.0445. The monoisotopic (exact) mass is 351 g/mol. The third-order valence-corrected chi connectivity index (χ3v) is 6.55. The largest absolute Gasteiger partial charge is 0.481 e. The van der Waals surface area contributed by atoms with E-state index in [0.29, 0.717) is 18.4 Å². The summed E-state index contributed by atoms with van der Waals surface area (Å²) in [6, 6.07) is 3.12. The molecule has 1 aromatic carbocycles. The Labute approximate surface area is 133 Å². The summed E-state index contributed by atoms with van der Waals surface area (Å²) >= 11 is 12.1. The van der Waals surface area contributed by atoms with E-state index in [-0.39, 0.29) is 28.0 Å². The number of piperidine rings is 1. The first-order valence-corrected chi connectivity index (χ1v) is 8.62. The van der Waals surface area contributed by atoms with Gasteiger partial charge in [0.1, 0.15) is 4.90 Å². The maximum absolute atomic E-state index is 12.7. The number of benzene rings is 1. The Morgan fingerprint density at radius 3 is 2.67 bits per heavy atom. The van der Waals surface area contributed by atoms with Crippen molar-refractivity contribution in [2.45, 2.75) is 24.7 Å². The van der Waals surface area contributed by atoms with Gasteiger partial charge in [-0.15, -0.1) is 0 Å². The van der Waals surface area contributed by atoms with Gasteiger partial charge < -0.3 is 5.11 Å². The highest BCUT2D eigenvalue weighted by atomic mass is 35.5. The second-order valence-electron chi connectivity index (χ2n) is 5.05. The van der Waals surface area contributed by atoms with E-state index in [9.17, 15) is 13.2 Å². The van der Waals surface area contributed by atoms with E-state index in [1.54, 1.807) is 13.0 Å². The number of nitrogens with zero attached hydrogens (tertiary/aromatic N) is 1. The van der Waals surface area contributed by atoms with Gasteiger partial charge in [0.25, 0.3) is 0 Å². The van der Waals surface area contributed by atoms with Gasteiger partial charge in [0.2, 0.25) is 10.0 Å². The van der Waals surface area contributed by atoms with Gasteiger partial charge in [0.05, 0.1) is 16.0 Å². The molecule has 1 fully saturated rings. The van der Waals surface area contributed by atoms with Crippen LogP contribution in [0.5, 0.6) is 0 Å². The Morgan fingerprint density at radius 2 is 2.05 bits per heavy atom. The number of hydrogen-bond acceptors (Lipinski definition) is 3. The lowest BCUT2D eigenvalue weighted by molar-refractivity contribution is -0.142. The average Bonchev–Trinajstić information content (AvgIpc) is 2.43. The maximum Gasteiger partial charge on any atom is 0.307 e. The predicted octanol–water partition coefficient (Wildman–Crippen LogP) is 2.79. The molecule has 0 aliphatic carbocycles. The Bertz CT molecular complexity index is 675. The third kappa shape index (κ3) is 3.18. The minimum atomic E-state index is -3.91. The molecule has 1 atom stereocenters. The number of hydrogen-bond donors (Lipinski definition) is 1. The fourth-order valence-corrected chi connectivity index (χ4v) is 5.02. The minimum Gasteiger partial charge on any atom is -0.481 e. The number of aryl methyl sites for hydroxylation is 1. The van der Waals surface area contributed by atoms with Crippen molar-refractivity contribution in [1.29, 1.82) is 0 Å². The summed E-state index contributed by atoms with van der Waals surface area (Å²) < 4.78 is 26.6. The molecule has 8 heteroatoms. The first-order valence-electron chi connectivity index (χ1n) is 6.42.